The lowest BCUT2D eigenvalue weighted by Gasteiger charge is -1.17. The summed E-state index contributed by atoms with van der Waals surface area (Å²) in [5.41, 5.74) is 0. The summed E-state index contributed by atoms with van der Waals surface area (Å²) in [7, 11) is 0.806. The van der Waals surface area contributed by atoms with E-state index in [0.717, 1.165) is 10.4 Å². The molecule has 0 atom stereocenters. The minimum absolute atomic E-state index is 0. The van der Waals surface area contributed by atoms with Gasteiger partial charge in [0.05, 0.1) is 10.4 Å². The first kappa shape index (κ1) is 23.2. The van der Waals surface area contributed by atoms with Crippen molar-refractivity contribution in [2.45, 2.75) is 0 Å². The molecule has 0 fully saturated rings. The van der Waals surface area contributed by atoms with Crippen LogP contribution in [0.3, 0.4) is 0 Å². The van der Waals surface area contributed by atoms with Gasteiger partial charge in [0.15, 0.2) is 0 Å². The number of nitrogens with two attached hydrogens (primary N) is 1. The molecule has 2 N–H and O–H groups in total. The fourth-order valence-electron chi connectivity index (χ4n) is 0. The quantitative estimate of drug-likeness (QED) is 0.313. The molecule has 0 aliphatic rings. The molecule has 0 aromatic rings. The highest BCUT2D eigenvalue weighted by molar-refractivity contribution is 6.02. The van der Waals surface area contributed by atoms with E-state index in [4.69, 9.17) is 0 Å². The van der Waals surface area contributed by atoms with Crippen molar-refractivity contribution in [3.05, 3.63) is 0 Å². The summed E-state index contributed by atoms with van der Waals surface area (Å²) in [6.45, 7) is 0. The highest BCUT2D eigenvalue weighted by atomic mass is 28.2. The van der Waals surface area contributed by atoms with Crippen molar-refractivity contribution in [1.29, 1.82) is 0 Å². The van der Waals surface area contributed by atoms with E-state index in [1.54, 1.807) is 0 Å². The van der Waals surface area contributed by atoms with Crippen LogP contribution in [0.2, 0.25) is 0 Å². The first-order valence-electron chi connectivity index (χ1n) is 0.577. The first-order valence-corrected chi connectivity index (χ1v) is 1.73. The molecule has 1 nitrogen and oxygen atoms in total. The van der Waals surface area contributed by atoms with Crippen molar-refractivity contribution in [3.8, 4) is 0 Å². The third-order valence-electron chi connectivity index (χ3n) is 0. The Bertz CT molecular complexity index is 3.25. The molecular formula is H13NSi3. The summed E-state index contributed by atoms with van der Waals surface area (Å²) in [6, 6.07) is 0. The summed E-state index contributed by atoms with van der Waals surface area (Å²) in [6.07, 6.45) is 0. The number of hydrogen-bond donors (Lipinski definition) is 1. The Kier molecular flexibility index (Phi) is 382. The zero-order valence-electron chi connectivity index (χ0n) is 1.58. The van der Waals surface area contributed by atoms with E-state index in [2.05, 4.69) is 5.40 Å². The Balaban J connectivity index is -0.00000000500. The Morgan fingerprint density at radius 3 is 1.00 bits per heavy atom. The second-order valence-electron chi connectivity index (χ2n) is 0. The summed E-state index contributed by atoms with van der Waals surface area (Å²) in [5.74, 6) is 0. The number of hydrogen-bond acceptors (Lipinski definition) is 1. The van der Waals surface area contributed by atoms with Gasteiger partial charge < -0.3 is 5.40 Å². The largest absolute Gasteiger partial charge is 0.358 e. The van der Waals surface area contributed by atoms with Crippen molar-refractivity contribution >= 4 is 32.3 Å². The molecule has 0 rings (SSSR count). The van der Waals surface area contributed by atoms with Gasteiger partial charge in [0.1, 0.15) is 0 Å². The van der Waals surface area contributed by atoms with Crippen molar-refractivity contribution in [2.24, 2.45) is 5.40 Å². The van der Waals surface area contributed by atoms with E-state index in [1.807, 2.05) is 0 Å². The molecule has 0 aromatic heterocycles. The molecule has 0 aliphatic carbocycles. The Labute approximate surface area is 38.5 Å². The van der Waals surface area contributed by atoms with Crippen LogP contribution in [0, 0.1) is 0 Å². The van der Waals surface area contributed by atoms with Gasteiger partial charge >= 0.3 is 0 Å². The van der Waals surface area contributed by atoms with Gasteiger partial charge in [-0.15, -0.1) is 0 Å². The number of rotatable bonds is 0. The topological polar surface area (TPSA) is 26.0 Å². The molecule has 0 radical (unpaired) electrons. The second-order valence-corrected chi connectivity index (χ2v) is 0. The van der Waals surface area contributed by atoms with Crippen LogP contribution < -0.4 is 5.40 Å². The predicted octanol–water partition coefficient (Wildman–Crippen LogP) is -4.68. The van der Waals surface area contributed by atoms with Crippen LogP contribution in [-0.4, -0.2) is 32.3 Å². The molecule has 0 unspecified atom stereocenters. The first-order chi connectivity index (χ1) is 1.00. The van der Waals surface area contributed by atoms with E-state index >= 15 is 0 Å². The monoisotopic (exact) mass is 111 g/mol. The lowest BCUT2D eigenvalue weighted by molar-refractivity contribution is 2.00. The van der Waals surface area contributed by atoms with Crippen LogP contribution >= 0.6 is 0 Å². The molecule has 0 amide bonds. The molecule has 0 heterocycles. The predicted molar refractivity (Wildman–Crippen MR) is 36.8 cm³/mol. The van der Waals surface area contributed by atoms with Crippen LogP contribution in [0.25, 0.3) is 0 Å². The summed E-state index contributed by atoms with van der Waals surface area (Å²) in [5, 5.41) is 4.64. The van der Waals surface area contributed by atoms with E-state index in [0.29, 0.717) is 0 Å². The van der Waals surface area contributed by atoms with Crippen molar-refractivity contribution < 1.29 is 0 Å². The third kappa shape index (κ3) is 18.2. The van der Waals surface area contributed by atoms with Crippen LogP contribution in [0.15, 0.2) is 0 Å². The Morgan fingerprint density at radius 2 is 1.00 bits per heavy atom. The zero-order chi connectivity index (χ0) is 2.00. The van der Waals surface area contributed by atoms with Crippen molar-refractivity contribution in [2.75, 3.05) is 0 Å². The van der Waals surface area contributed by atoms with Crippen LogP contribution in [0.5, 0.6) is 0 Å². The fraction of sp³-hybridized carbons (Fsp3) is 0. The van der Waals surface area contributed by atoms with Crippen LogP contribution in [0.1, 0.15) is 0 Å². The van der Waals surface area contributed by atoms with Gasteiger partial charge in [-0.05, 0) is 21.9 Å². The molecule has 0 spiro atoms. The maximum Gasteiger partial charge on any atom is 0.0716 e. The minimum atomic E-state index is 0. The normalized spacial score (nSPS) is 2.25. The van der Waals surface area contributed by atoms with Gasteiger partial charge in [-0.25, -0.2) is 0 Å². The minimum Gasteiger partial charge on any atom is -0.358 e. The molecule has 4 heavy (non-hydrogen) atoms. The van der Waals surface area contributed by atoms with Crippen LogP contribution in [-0.2, 0) is 0 Å². The molecule has 0 bridgehead atoms. The van der Waals surface area contributed by atoms with Gasteiger partial charge in [0.25, 0.3) is 0 Å². The average molecular weight is 111 g/mol. The van der Waals surface area contributed by atoms with Crippen molar-refractivity contribution in [1.82, 2.24) is 0 Å². The lowest BCUT2D eigenvalue weighted by Crippen LogP contribution is -1.75. The van der Waals surface area contributed by atoms with Gasteiger partial charge in [0.2, 0.25) is 0 Å². The smallest absolute Gasteiger partial charge is 0.0716 e. The Hall–Kier alpha value is 0.611. The van der Waals surface area contributed by atoms with E-state index in [-0.39, 0.29) is 21.9 Å². The Morgan fingerprint density at radius 1 is 1.00 bits per heavy atom. The zero-order valence-corrected chi connectivity index (χ0v) is 3.58. The van der Waals surface area contributed by atoms with Gasteiger partial charge in [-0.1, -0.05) is 0 Å². The summed E-state index contributed by atoms with van der Waals surface area (Å²) < 4.78 is 0. The van der Waals surface area contributed by atoms with Gasteiger partial charge in [-0.3, -0.25) is 0 Å². The average Bonchev–Trinajstić information content (AvgIpc) is 1.00. The fourth-order valence-corrected chi connectivity index (χ4v) is 0. The summed E-state index contributed by atoms with van der Waals surface area (Å²) >= 11 is 0. The molecule has 30 valence electrons. The van der Waals surface area contributed by atoms with E-state index < -0.39 is 0 Å². The maximum atomic E-state index is 4.64. The highest BCUT2D eigenvalue weighted by Gasteiger charge is 0.880. The lowest BCUT2D eigenvalue weighted by atomic mass is 13.9. The SMILES string of the molecule is N[SiH3].[SiH4].[SiH4]. The van der Waals surface area contributed by atoms with E-state index in [9.17, 15) is 0 Å². The standard InChI is InChI=1S/H5NSi.2H4Si/c1-2;;/h1H2,2H3;2*1H4. The van der Waals surface area contributed by atoms with Crippen molar-refractivity contribution in [3.63, 3.8) is 0 Å². The van der Waals surface area contributed by atoms with Crippen LogP contribution in [0.4, 0.5) is 0 Å². The summed E-state index contributed by atoms with van der Waals surface area (Å²) in [4.78, 5) is 0. The molecular weight excluding hydrogens is 98.3 g/mol. The molecule has 0 saturated carbocycles. The maximum absolute atomic E-state index is 4.64. The van der Waals surface area contributed by atoms with Gasteiger partial charge in [-0.2, -0.15) is 0 Å². The molecule has 4 heteroatoms. The van der Waals surface area contributed by atoms with E-state index in [1.165, 1.54) is 0 Å². The molecule has 0 aromatic carbocycles. The molecule has 0 saturated heterocycles. The van der Waals surface area contributed by atoms with Gasteiger partial charge in [0, 0.05) is 0 Å². The third-order valence-corrected chi connectivity index (χ3v) is 0. The highest BCUT2D eigenvalue weighted by Crippen LogP contribution is 0.350. The molecule has 0 aliphatic heterocycles. The second kappa shape index (κ2) is 66.0.